The van der Waals surface area contributed by atoms with Crippen molar-refractivity contribution in [3.05, 3.63) is 35.4 Å². The maximum atomic E-state index is 13.9. The van der Waals surface area contributed by atoms with Crippen molar-refractivity contribution in [1.29, 1.82) is 0 Å². The molecule has 0 aromatic heterocycles. The molecular formula is C18H24F2O. The molecule has 0 spiro atoms. The lowest BCUT2D eigenvalue weighted by Crippen LogP contribution is -2.12. The van der Waals surface area contributed by atoms with Gasteiger partial charge in [-0.2, -0.15) is 4.39 Å². The molecule has 0 unspecified atom stereocenters. The number of hydrogen-bond donors (Lipinski definition) is 0. The monoisotopic (exact) mass is 294 g/mol. The van der Waals surface area contributed by atoms with Gasteiger partial charge in [-0.05, 0) is 49.7 Å². The lowest BCUT2D eigenvalue weighted by atomic mass is 9.80. The van der Waals surface area contributed by atoms with Crippen molar-refractivity contribution in [2.24, 2.45) is 11.8 Å². The van der Waals surface area contributed by atoms with Crippen LogP contribution >= 0.6 is 0 Å². The van der Waals surface area contributed by atoms with Crippen LogP contribution in [0.15, 0.2) is 18.2 Å². The first-order chi connectivity index (χ1) is 10.2. The third-order valence-corrected chi connectivity index (χ3v) is 4.43. The molecule has 116 valence electrons. The highest BCUT2D eigenvalue weighted by Crippen LogP contribution is 2.33. The number of hydrogen-bond acceptors (Lipinski definition) is 1. The van der Waals surface area contributed by atoms with Crippen molar-refractivity contribution in [3.8, 4) is 5.75 Å². The van der Waals surface area contributed by atoms with Crippen LogP contribution in [0.1, 0.15) is 51.0 Å². The molecule has 0 amide bonds. The van der Waals surface area contributed by atoms with Gasteiger partial charge >= 0.3 is 0 Å². The summed E-state index contributed by atoms with van der Waals surface area (Å²) in [6, 6.07) is 3.03. The average Bonchev–Trinajstić information content (AvgIpc) is 2.50. The van der Waals surface area contributed by atoms with E-state index >= 15 is 0 Å². The molecule has 1 aromatic rings. The van der Waals surface area contributed by atoms with E-state index in [1.807, 2.05) is 6.08 Å². The minimum absolute atomic E-state index is 0.0512. The minimum atomic E-state index is -0.911. The first-order valence-corrected chi connectivity index (χ1v) is 7.85. The van der Waals surface area contributed by atoms with Gasteiger partial charge in [0.05, 0.1) is 7.11 Å². The summed E-state index contributed by atoms with van der Waals surface area (Å²) in [6.07, 6.45) is 11.1. The highest BCUT2D eigenvalue weighted by molar-refractivity contribution is 5.52. The van der Waals surface area contributed by atoms with Crippen molar-refractivity contribution < 1.29 is 13.5 Å². The number of ether oxygens (including phenoxy) is 1. The van der Waals surface area contributed by atoms with Gasteiger partial charge in [0.15, 0.2) is 11.6 Å². The van der Waals surface area contributed by atoms with Crippen LogP contribution < -0.4 is 4.74 Å². The van der Waals surface area contributed by atoms with Crippen LogP contribution in [0.25, 0.3) is 6.08 Å². The Bertz CT molecular complexity index is 488. The summed E-state index contributed by atoms with van der Waals surface area (Å²) in [4.78, 5) is 0. The maximum Gasteiger partial charge on any atom is 0.201 e. The molecule has 2 rings (SSSR count). The Morgan fingerprint density at radius 2 is 1.86 bits per heavy atom. The fourth-order valence-electron chi connectivity index (χ4n) is 3.15. The fraction of sp³-hybridized carbons (Fsp3) is 0.556. The number of halogens is 2. The highest BCUT2D eigenvalue weighted by atomic mass is 19.2. The van der Waals surface area contributed by atoms with Crippen LogP contribution in [0, 0.1) is 23.5 Å². The second-order valence-electron chi connectivity index (χ2n) is 5.91. The molecule has 21 heavy (non-hydrogen) atoms. The topological polar surface area (TPSA) is 9.23 Å². The third kappa shape index (κ3) is 4.05. The Kier molecular flexibility index (Phi) is 5.77. The molecule has 0 atom stereocenters. The molecule has 0 saturated heterocycles. The minimum Gasteiger partial charge on any atom is -0.494 e. The molecule has 1 fully saturated rings. The molecule has 0 bridgehead atoms. The van der Waals surface area contributed by atoms with Crippen LogP contribution in [-0.4, -0.2) is 7.11 Å². The molecule has 1 aliphatic rings. The van der Waals surface area contributed by atoms with Crippen molar-refractivity contribution >= 4 is 6.08 Å². The van der Waals surface area contributed by atoms with Crippen molar-refractivity contribution in [1.82, 2.24) is 0 Å². The van der Waals surface area contributed by atoms with E-state index in [4.69, 9.17) is 4.74 Å². The van der Waals surface area contributed by atoms with Crippen LogP contribution in [0.3, 0.4) is 0 Å². The number of rotatable bonds is 5. The van der Waals surface area contributed by atoms with E-state index in [0.29, 0.717) is 11.5 Å². The quantitative estimate of drug-likeness (QED) is 0.687. The summed E-state index contributed by atoms with van der Waals surface area (Å²) >= 11 is 0. The highest BCUT2D eigenvalue weighted by Gasteiger charge is 2.19. The Labute approximate surface area is 126 Å². The Morgan fingerprint density at radius 1 is 1.14 bits per heavy atom. The third-order valence-electron chi connectivity index (χ3n) is 4.43. The summed E-state index contributed by atoms with van der Waals surface area (Å²) in [7, 11) is 1.34. The average molecular weight is 294 g/mol. The predicted octanol–water partition coefficient (Wildman–Crippen LogP) is 5.59. The molecule has 1 saturated carbocycles. The molecule has 0 heterocycles. The molecule has 3 heteroatoms. The van der Waals surface area contributed by atoms with E-state index in [0.717, 1.165) is 18.8 Å². The fourth-order valence-corrected chi connectivity index (χ4v) is 3.15. The van der Waals surface area contributed by atoms with Crippen molar-refractivity contribution in [3.63, 3.8) is 0 Å². The van der Waals surface area contributed by atoms with Gasteiger partial charge in [0.25, 0.3) is 0 Å². The van der Waals surface area contributed by atoms with Crippen molar-refractivity contribution in [2.75, 3.05) is 7.11 Å². The van der Waals surface area contributed by atoms with Gasteiger partial charge in [0.1, 0.15) is 0 Å². The predicted molar refractivity (Wildman–Crippen MR) is 82.3 cm³/mol. The molecule has 1 nitrogen and oxygen atoms in total. The second kappa shape index (κ2) is 7.58. The van der Waals surface area contributed by atoms with Crippen molar-refractivity contribution in [2.45, 2.75) is 45.4 Å². The first kappa shape index (κ1) is 16.0. The SMILES string of the molecule is CCCC1CCC(C=Cc2ccc(OC)c(F)c2F)CC1. The van der Waals surface area contributed by atoms with Crippen LogP contribution in [-0.2, 0) is 0 Å². The van der Waals surface area contributed by atoms with Gasteiger partial charge in [0, 0.05) is 5.56 Å². The van der Waals surface area contributed by atoms with E-state index in [1.165, 1.54) is 38.9 Å². The van der Waals surface area contributed by atoms with Gasteiger partial charge < -0.3 is 4.74 Å². The van der Waals surface area contributed by atoms with E-state index in [2.05, 4.69) is 6.92 Å². The summed E-state index contributed by atoms with van der Waals surface area (Å²) in [5, 5.41) is 0. The zero-order chi connectivity index (χ0) is 15.2. The Hall–Kier alpha value is -1.38. The number of benzene rings is 1. The van der Waals surface area contributed by atoms with E-state index < -0.39 is 11.6 Å². The molecular weight excluding hydrogens is 270 g/mol. The largest absolute Gasteiger partial charge is 0.494 e. The van der Waals surface area contributed by atoms with Crippen LogP contribution in [0.4, 0.5) is 8.78 Å². The number of allylic oxidation sites excluding steroid dienone is 1. The summed E-state index contributed by atoms with van der Waals surface area (Å²) < 4.78 is 32.3. The summed E-state index contributed by atoms with van der Waals surface area (Å²) in [5.41, 5.74) is 0.295. The normalized spacial score (nSPS) is 22.7. The van der Waals surface area contributed by atoms with Gasteiger partial charge in [0.2, 0.25) is 5.82 Å². The lowest BCUT2D eigenvalue weighted by Gasteiger charge is -2.26. The summed E-state index contributed by atoms with van der Waals surface area (Å²) in [6.45, 7) is 2.23. The smallest absolute Gasteiger partial charge is 0.201 e. The van der Waals surface area contributed by atoms with E-state index in [-0.39, 0.29) is 5.75 Å². The zero-order valence-corrected chi connectivity index (χ0v) is 12.9. The van der Waals surface area contributed by atoms with Gasteiger partial charge in [-0.15, -0.1) is 0 Å². The standard InChI is InChI=1S/C18H24F2O/c1-3-4-13-5-7-14(8-6-13)9-10-15-11-12-16(21-2)18(20)17(15)19/h9-14H,3-8H2,1-2H3. The Balaban J connectivity index is 1.98. The van der Waals surface area contributed by atoms with Gasteiger partial charge in [-0.3, -0.25) is 0 Å². The molecule has 0 radical (unpaired) electrons. The Morgan fingerprint density at radius 3 is 2.48 bits per heavy atom. The summed E-state index contributed by atoms with van der Waals surface area (Å²) in [5.74, 6) is -0.446. The molecule has 0 N–H and O–H groups in total. The van der Waals surface area contributed by atoms with Crippen LogP contribution in [0.2, 0.25) is 0 Å². The van der Waals surface area contributed by atoms with E-state index in [9.17, 15) is 8.78 Å². The van der Waals surface area contributed by atoms with Gasteiger partial charge in [-0.1, -0.05) is 31.9 Å². The zero-order valence-electron chi connectivity index (χ0n) is 12.9. The first-order valence-electron chi connectivity index (χ1n) is 7.85. The lowest BCUT2D eigenvalue weighted by molar-refractivity contribution is 0.294. The molecule has 1 aliphatic carbocycles. The van der Waals surface area contributed by atoms with Crippen LogP contribution in [0.5, 0.6) is 5.75 Å². The maximum absolute atomic E-state index is 13.9. The molecule has 0 aliphatic heterocycles. The number of methoxy groups -OCH3 is 1. The van der Waals surface area contributed by atoms with E-state index in [1.54, 1.807) is 12.1 Å². The molecule has 1 aromatic carbocycles. The second-order valence-corrected chi connectivity index (χ2v) is 5.91. The van der Waals surface area contributed by atoms with Gasteiger partial charge in [-0.25, -0.2) is 4.39 Å².